The second-order valence-electron chi connectivity index (χ2n) is 13.0. The minimum absolute atomic E-state index is 0.0608. The normalized spacial score (nSPS) is 10.9. The molecule has 0 saturated carbocycles. The van der Waals surface area contributed by atoms with Crippen molar-refractivity contribution in [1.82, 2.24) is 0 Å². The predicted molar refractivity (Wildman–Crippen MR) is 207 cm³/mol. The number of nitrogens with one attached hydrogen (secondary N) is 2. The van der Waals surface area contributed by atoms with Crippen molar-refractivity contribution < 1.29 is 43.8 Å². The first kappa shape index (κ1) is 37.9. The average Bonchev–Trinajstić information content (AvgIpc) is 3.19. The summed E-state index contributed by atoms with van der Waals surface area (Å²) in [7, 11) is 0. The fourth-order valence-electron chi connectivity index (χ4n) is 5.82. The van der Waals surface area contributed by atoms with Gasteiger partial charge in [0, 0.05) is 28.9 Å². The number of benzene rings is 6. The zero-order valence-corrected chi connectivity index (χ0v) is 29.9. The Labute approximate surface area is 319 Å². The SMILES string of the molecule is CC(C)(c1ccc(Oc2ccc(NC(=O)c3ccccc3C(=O)O)cc2)cc1)c1ccc(Oc2ccc(NC(=O)c3cc([N+](=O)[O-])ccc3C(=O)O)cc2)cc1. The van der Waals surface area contributed by atoms with Gasteiger partial charge in [-0.15, -0.1) is 0 Å². The number of anilines is 2. The molecule has 280 valence electrons. The van der Waals surface area contributed by atoms with Crippen molar-refractivity contribution in [1.29, 1.82) is 0 Å². The van der Waals surface area contributed by atoms with Crippen molar-refractivity contribution in [2.24, 2.45) is 0 Å². The highest BCUT2D eigenvalue weighted by atomic mass is 16.6. The number of carbonyl (C=O) groups is 4. The summed E-state index contributed by atoms with van der Waals surface area (Å²) in [6.45, 7) is 4.20. The summed E-state index contributed by atoms with van der Waals surface area (Å²) in [5, 5.41) is 35.2. The molecule has 6 aromatic rings. The van der Waals surface area contributed by atoms with Crippen molar-refractivity contribution in [2.45, 2.75) is 19.3 Å². The van der Waals surface area contributed by atoms with Gasteiger partial charge in [0.15, 0.2) is 0 Å². The molecule has 0 fully saturated rings. The van der Waals surface area contributed by atoms with Crippen LogP contribution in [0.1, 0.15) is 66.4 Å². The van der Waals surface area contributed by atoms with Crippen molar-refractivity contribution in [3.8, 4) is 23.0 Å². The van der Waals surface area contributed by atoms with Gasteiger partial charge in [-0.3, -0.25) is 19.7 Å². The van der Waals surface area contributed by atoms with Gasteiger partial charge < -0.3 is 30.3 Å². The van der Waals surface area contributed by atoms with Gasteiger partial charge in [0.1, 0.15) is 23.0 Å². The highest BCUT2D eigenvalue weighted by molar-refractivity contribution is 6.11. The number of nitro benzene ring substituents is 1. The number of rotatable bonds is 13. The number of carboxylic acid groups (broad SMARTS) is 2. The number of carbonyl (C=O) groups excluding carboxylic acids is 2. The molecule has 0 saturated heterocycles. The highest BCUT2D eigenvalue weighted by Crippen LogP contribution is 2.35. The van der Waals surface area contributed by atoms with Gasteiger partial charge in [-0.1, -0.05) is 50.2 Å². The molecule has 0 aliphatic carbocycles. The lowest BCUT2D eigenvalue weighted by atomic mass is 9.78. The second-order valence-corrected chi connectivity index (χ2v) is 13.0. The van der Waals surface area contributed by atoms with E-state index in [0.29, 0.717) is 34.4 Å². The number of amides is 2. The van der Waals surface area contributed by atoms with Crippen LogP contribution in [0.3, 0.4) is 0 Å². The maximum Gasteiger partial charge on any atom is 0.336 e. The Balaban J connectivity index is 1.04. The maximum absolute atomic E-state index is 12.8. The van der Waals surface area contributed by atoms with Crippen LogP contribution in [0.5, 0.6) is 23.0 Å². The van der Waals surface area contributed by atoms with Crippen LogP contribution in [0.25, 0.3) is 0 Å². The molecule has 13 nitrogen and oxygen atoms in total. The number of aromatic carboxylic acids is 2. The van der Waals surface area contributed by atoms with E-state index in [1.54, 1.807) is 60.7 Å². The number of non-ortho nitro benzene ring substituents is 1. The van der Waals surface area contributed by atoms with Crippen LogP contribution in [-0.4, -0.2) is 38.9 Å². The van der Waals surface area contributed by atoms with Crippen molar-refractivity contribution >= 4 is 40.8 Å². The molecule has 6 rings (SSSR count). The number of hydrogen-bond donors (Lipinski definition) is 4. The number of nitro groups is 1. The summed E-state index contributed by atoms with van der Waals surface area (Å²) in [4.78, 5) is 59.0. The molecule has 6 aromatic carbocycles. The van der Waals surface area contributed by atoms with Gasteiger partial charge in [-0.05, 0) is 102 Å². The topological polar surface area (TPSA) is 194 Å². The van der Waals surface area contributed by atoms with E-state index in [-0.39, 0.29) is 27.7 Å². The van der Waals surface area contributed by atoms with Crippen LogP contribution in [-0.2, 0) is 5.41 Å². The zero-order valence-electron chi connectivity index (χ0n) is 29.9. The Morgan fingerprint density at radius 3 is 1.32 bits per heavy atom. The monoisotopic (exact) mass is 751 g/mol. The summed E-state index contributed by atoms with van der Waals surface area (Å²) in [5.74, 6) is -1.70. The zero-order chi connectivity index (χ0) is 40.0. The second kappa shape index (κ2) is 16.1. The number of nitrogens with zero attached hydrogens (tertiary/aromatic N) is 1. The molecular weight excluding hydrogens is 718 g/mol. The van der Waals surface area contributed by atoms with Gasteiger partial charge in [-0.2, -0.15) is 0 Å². The number of hydrogen-bond acceptors (Lipinski definition) is 8. The molecule has 0 bridgehead atoms. The van der Waals surface area contributed by atoms with Crippen LogP contribution < -0.4 is 20.1 Å². The van der Waals surface area contributed by atoms with Crippen LogP contribution >= 0.6 is 0 Å². The van der Waals surface area contributed by atoms with Gasteiger partial charge in [0.05, 0.1) is 27.2 Å². The van der Waals surface area contributed by atoms with Gasteiger partial charge in [0.25, 0.3) is 17.5 Å². The summed E-state index contributed by atoms with van der Waals surface area (Å²) in [6.07, 6.45) is 0. The molecule has 13 heteroatoms. The van der Waals surface area contributed by atoms with E-state index >= 15 is 0 Å². The predicted octanol–water partition coefficient (Wildman–Crippen LogP) is 9.41. The third-order valence-electron chi connectivity index (χ3n) is 8.94. The molecule has 2 amide bonds. The molecule has 0 spiro atoms. The number of carboxylic acids is 2. The molecule has 4 N–H and O–H groups in total. The standard InChI is InChI=1S/C43H33N3O10/c1-43(2,26-7-16-31(17-8-26)55-33-20-11-28(12-21-33)44-39(47)35-5-3-4-6-36(35)41(49)50)27-9-18-32(19-10-27)56-34-22-13-29(14-23-34)45-40(48)38-25-30(46(53)54)15-24-37(38)42(51)52/h3-25H,1-2H3,(H,44,47)(H,45,48)(H,49,50)(H,51,52). The van der Waals surface area contributed by atoms with E-state index in [4.69, 9.17) is 9.47 Å². The quantitative estimate of drug-likeness (QED) is 0.0652. The van der Waals surface area contributed by atoms with E-state index in [0.717, 1.165) is 29.3 Å². The fourth-order valence-corrected chi connectivity index (χ4v) is 5.82. The smallest absolute Gasteiger partial charge is 0.336 e. The fraction of sp³-hybridized carbons (Fsp3) is 0.0698. The summed E-state index contributed by atoms with van der Waals surface area (Å²) >= 11 is 0. The maximum atomic E-state index is 12.8. The highest BCUT2D eigenvalue weighted by Gasteiger charge is 2.24. The Hall–Kier alpha value is -7.80. The van der Waals surface area contributed by atoms with Gasteiger partial charge in [0.2, 0.25) is 0 Å². The summed E-state index contributed by atoms with van der Waals surface area (Å²) in [6, 6.07) is 37.4. The van der Waals surface area contributed by atoms with E-state index in [1.807, 2.05) is 48.5 Å². The van der Waals surface area contributed by atoms with Crippen molar-refractivity contribution in [3.63, 3.8) is 0 Å². The average molecular weight is 752 g/mol. The van der Waals surface area contributed by atoms with Crippen molar-refractivity contribution in [3.05, 3.63) is 183 Å². The third-order valence-corrected chi connectivity index (χ3v) is 8.94. The van der Waals surface area contributed by atoms with E-state index < -0.39 is 34.4 Å². The van der Waals surface area contributed by atoms with Crippen LogP contribution in [0.4, 0.5) is 17.1 Å². The molecule has 0 unspecified atom stereocenters. The lowest BCUT2D eigenvalue weighted by Gasteiger charge is -2.26. The van der Waals surface area contributed by atoms with Crippen LogP contribution in [0, 0.1) is 10.1 Å². The Bertz CT molecular complexity index is 2440. The van der Waals surface area contributed by atoms with Crippen LogP contribution in [0.2, 0.25) is 0 Å². The molecular formula is C43H33N3O10. The molecule has 0 radical (unpaired) electrons. The minimum atomic E-state index is -1.39. The molecule has 0 aliphatic heterocycles. The van der Waals surface area contributed by atoms with Crippen LogP contribution in [0.15, 0.2) is 140 Å². The molecule has 0 atom stereocenters. The van der Waals surface area contributed by atoms with Gasteiger partial charge in [-0.25, -0.2) is 9.59 Å². The number of ether oxygens (including phenoxy) is 2. The molecule has 0 aromatic heterocycles. The van der Waals surface area contributed by atoms with E-state index in [2.05, 4.69) is 24.5 Å². The first-order chi connectivity index (χ1) is 26.8. The van der Waals surface area contributed by atoms with Crippen molar-refractivity contribution in [2.75, 3.05) is 10.6 Å². The summed E-state index contributed by atoms with van der Waals surface area (Å²) in [5.41, 5.74) is 1.38. The minimum Gasteiger partial charge on any atom is -0.478 e. The molecule has 0 aliphatic rings. The first-order valence-corrected chi connectivity index (χ1v) is 17.0. The van der Waals surface area contributed by atoms with Gasteiger partial charge >= 0.3 is 11.9 Å². The Kier molecular flexibility index (Phi) is 10.9. The first-order valence-electron chi connectivity index (χ1n) is 17.0. The lowest BCUT2D eigenvalue weighted by Crippen LogP contribution is -2.18. The third kappa shape index (κ3) is 8.69. The Morgan fingerprint density at radius 2 is 0.911 bits per heavy atom. The largest absolute Gasteiger partial charge is 0.478 e. The van der Waals surface area contributed by atoms with E-state index in [9.17, 15) is 39.5 Å². The van der Waals surface area contributed by atoms with E-state index in [1.165, 1.54) is 12.1 Å². The Morgan fingerprint density at radius 1 is 0.536 bits per heavy atom. The molecule has 56 heavy (non-hydrogen) atoms. The lowest BCUT2D eigenvalue weighted by molar-refractivity contribution is -0.384. The summed E-state index contributed by atoms with van der Waals surface area (Å²) < 4.78 is 12.0. The molecule has 0 heterocycles.